The second-order valence-corrected chi connectivity index (χ2v) is 6.14. The van der Waals surface area contributed by atoms with Crippen LogP contribution in [0, 0.1) is 6.92 Å². The fraction of sp³-hybridized carbons (Fsp3) is 0.412. The van der Waals surface area contributed by atoms with Crippen molar-refractivity contribution in [1.82, 2.24) is 20.1 Å². The highest BCUT2D eigenvalue weighted by Crippen LogP contribution is 2.27. The molecule has 0 amide bonds. The maximum atomic E-state index is 5.98. The van der Waals surface area contributed by atoms with Crippen LogP contribution in [0.3, 0.4) is 0 Å². The number of nitrogens with zero attached hydrogens (tertiary/aromatic N) is 3. The number of ether oxygens (including phenoxy) is 1. The smallest absolute Gasteiger partial charge is 0.246 e. The summed E-state index contributed by atoms with van der Waals surface area (Å²) in [4.78, 5) is 5.66. The topological polar surface area (TPSA) is 67.2 Å². The standard InChI is InChI=1S/C17H20N4O2/c1-11-8-21(10-16(22-11)17-20-19-12(2)23-17)9-13-4-3-5-15-14(13)6-7-18-15/h3-7,11,16,18H,8-10H2,1-2H3/t11-,16-/m1/s1. The molecule has 1 aliphatic heterocycles. The van der Waals surface area contributed by atoms with Gasteiger partial charge in [-0.3, -0.25) is 4.90 Å². The first-order chi connectivity index (χ1) is 11.2. The monoisotopic (exact) mass is 312 g/mol. The summed E-state index contributed by atoms with van der Waals surface area (Å²) in [6.45, 7) is 6.41. The third kappa shape index (κ3) is 2.87. The number of benzene rings is 1. The molecule has 3 aromatic rings. The third-order valence-electron chi connectivity index (χ3n) is 4.23. The zero-order valence-corrected chi connectivity index (χ0v) is 13.3. The average molecular weight is 312 g/mol. The Kier molecular flexibility index (Phi) is 3.63. The minimum atomic E-state index is -0.162. The molecule has 2 atom stereocenters. The Morgan fingerprint density at radius 2 is 2.17 bits per heavy atom. The van der Waals surface area contributed by atoms with Crippen LogP contribution in [0.5, 0.6) is 0 Å². The van der Waals surface area contributed by atoms with E-state index in [2.05, 4.69) is 51.3 Å². The van der Waals surface area contributed by atoms with Crippen LogP contribution >= 0.6 is 0 Å². The van der Waals surface area contributed by atoms with Gasteiger partial charge in [0.05, 0.1) is 6.10 Å². The Bertz CT molecular complexity index is 810. The van der Waals surface area contributed by atoms with Crippen molar-refractivity contribution in [2.24, 2.45) is 0 Å². The normalized spacial score (nSPS) is 22.7. The molecule has 6 nitrogen and oxygen atoms in total. The highest BCUT2D eigenvalue weighted by atomic mass is 16.5. The van der Waals surface area contributed by atoms with Crippen LogP contribution in [-0.2, 0) is 11.3 Å². The second kappa shape index (κ2) is 5.79. The van der Waals surface area contributed by atoms with E-state index in [1.54, 1.807) is 6.92 Å². The minimum absolute atomic E-state index is 0.131. The van der Waals surface area contributed by atoms with E-state index in [-0.39, 0.29) is 12.2 Å². The van der Waals surface area contributed by atoms with Crippen molar-refractivity contribution >= 4 is 10.9 Å². The van der Waals surface area contributed by atoms with Crippen molar-refractivity contribution < 1.29 is 9.15 Å². The van der Waals surface area contributed by atoms with Crippen LogP contribution in [0.25, 0.3) is 10.9 Å². The molecule has 1 fully saturated rings. The zero-order chi connectivity index (χ0) is 15.8. The van der Waals surface area contributed by atoms with Gasteiger partial charge in [-0.1, -0.05) is 12.1 Å². The highest BCUT2D eigenvalue weighted by molar-refractivity contribution is 5.82. The molecule has 120 valence electrons. The van der Waals surface area contributed by atoms with Gasteiger partial charge in [-0.2, -0.15) is 0 Å². The van der Waals surface area contributed by atoms with Gasteiger partial charge in [-0.05, 0) is 24.6 Å². The van der Waals surface area contributed by atoms with Gasteiger partial charge in [0.1, 0.15) is 6.10 Å². The van der Waals surface area contributed by atoms with E-state index >= 15 is 0 Å². The van der Waals surface area contributed by atoms with Gasteiger partial charge in [-0.25, -0.2) is 0 Å². The minimum Gasteiger partial charge on any atom is -0.423 e. The van der Waals surface area contributed by atoms with Crippen LogP contribution in [-0.4, -0.2) is 39.3 Å². The fourth-order valence-electron chi connectivity index (χ4n) is 3.28. The molecule has 6 heteroatoms. The van der Waals surface area contributed by atoms with Crippen molar-refractivity contribution in [3.05, 3.63) is 47.8 Å². The average Bonchev–Trinajstić information content (AvgIpc) is 3.16. The van der Waals surface area contributed by atoms with Crippen LogP contribution in [0.1, 0.15) is 30.4 Å². The lowest BCUT2D eigenvalue weighted by molar-refractivity contribution is -0.0916. The van der Waals surface area contributed by atoms with Gasteiger partial charge in [0.15, 0.2) is 0 Å². The van der Waals surface area contributed by atoms with Crippen LogP contribution in [0.2, 0.25) is 0 Å². The maximum absolute atomic E-state index is 5.98. The molecule has 4 rings (SSSR count). The summed E-state index contributed by atoms with van der Waals surface area (Å²) >= 11 is 0. The Hall–Kier alpha value is -2.18. The molecule has 0 radical (unpaired) electrons. The Labute approximate surface area is 134 Å². The fourth-order valence-corrected chi connectivity index (χ4v) is 3.28. The Morgan fingerprint density at radius 3 is 3.00 bits per heavy atom. The SMILES string of the molecule is Cc1nnc([C@H]2CN(Cc3cccc4[nH]ccc34)C[C@@H](C)O2)o1. The number of nitrogens with one attached hydrogen (secondary N) is 1. The molecule has 0 spiro atoms. The number of aromatic nitrogens is 3. The maximum Gasteiger partial charge on any atom is 0.246 e. The van der Waals surface area contributed by atoms with E-state index in [9.17, 15) is 0 Å². The van der Waals surface area contributed by atoms with Gasteiger partial charge >= 0.3 is 0 Å². The lowest BCUT2D eigenvalue weighted by atomic mass is 10.1. The van der Waals surface area contributed by atoms with E-state index < -0.39 is 0 Å². The van der Waals surface area contributed by atoms with E-state index in [1.165, 1.54) is 16.5 Å². The van der Waals surface area contributed by atoms with Crippen molar-refractivity contribution in [2.45, 2.75) is 32.6 Å². The molecule has 1 N–H and O–H groups in total. The molecule has 0 saturated carbocycles. The molecular weight excluding hydrogens is 292 g/mol. The second-order valence-electron chi connectivity index (χ2n) is 6.14. The number of morpholine rings is 1. The molecule has 0 aliphatic carbocycles. The van der Waals surface area contributed by atoms with Crippen molar-refractivity contribution in [3.8, 4) is 0 Å². The molecular formula is C17H20N4O2. The number of aromatic amines is 1. The Morgan fingerprint density at radius 1 is 1.26 bits per heavy atom. The summed E-state index contributed by atoms with van der Waals surface area (Å²) in [5.74, 6) is 1.14. The zero-order valence-electron chi connectivity index (χ0n) is 13.3. The molecule has 0 unspecified atom stereocenters. The molecule has 0 bridgehead atoms. The summed E-state index contributed by atoms with van der Waals surface area (Å²) < 4.78 is 11.5. The number of hydrogen-bond acceptors (Lipinski definition) is 5. The first-order valence-electron chi connectivity index (χ1n) is 7.92. The first kappa shape index (κ1) is 14.4. The summed E-state index contributed by atoms with van der Waals surface area (Å²) in [5, 5.41) is 9.30. The van der Waals surface area contributed by atoms with E-state index in [4.69, 9.17) is 9.15 Å². The predicted octanol–water partition coefficient (Wildman–Crippen LogP) is 2.82. The van der Waals surface area contributed by atoms with Crippen molar-refractivity contribution in [3.63, 3.8) is 0 Å². The molecule has 3 heterocycles. The quantitative estimate of drug-likeness (QED) is 0.805. The van der Waals surface area contributed by atoms with Gasteiger partial charge in [0.2, 0.25) is 11.8 Å². The highest BCUT2D eigenvalue weighted by Gasteiger charge is 2.30. The summed E-state index contributed by atoms with van der Waals surface area (Å²) in [6, 6.07) is 8.51. The predicted molar refractivity (Wildman–Crippen MR) is 85.9 cm³/mol. The Balaban J connectivity index is 1.55. The first-order valence-corrected chi connectivity index (χ1v) is 7.92. The van der Waals surface area contributed by atoms with Gasteiger partial charge in [0, 0.05) is 43.7 Å². The molecule has 1 aliphatic rings. The van der Waals surface area contributed by atoms with E-state index in [0.717, 1.165) is 19.6 Å². The lowest BCUT2D eigenvalue weighted by Crippen LogP contribution is -2.42. The molecule has 2 aromatic heterocycles. The third-order valence-corrected chi connectivity index (χ3v) is 4.23. The van der Waals surface area contributed by atoms with Gasteiger partial charge in [0.25, 0.3) is 0 Å². The number of aryl methyl sites for hydroxylation is 1. The molecule has 1 saturated heterocycles. The van der Waals surface area contributed by atoms with Gasteiger partial charge in [-0.15, -0.1) is 10.2 Å². The van der Waals surface area contributed by atoms with Gasteiger partial charge < -0.3 is 14.1 Å². The van der Waals surface area contributed by atoms with Crippen molar-refractivity contribution in [1.29, 1.82) is 0 Å². The van der Waals surface area contributed by atoms with Crippen LogP contribution in [0.15, 0.2) is 34.9 Å². The number of H-pyrrole nitrogens is 1. The number of fused-ring (bicyclic) bond motifs is 1. The lowest BCUT2D eigenvalue weighted by Gasteiger charge is -2.35. The summed E-state index contributed by atoms with van der Waals surface area (Å²) in [5.41, 5.74) is 2.49. The van der Waals surface area contributed by atoms with Crippen molar-refractivity contribution in [2.75, 3.05) is 13.1 Å². The largest absolute Gasteiger partial charge is 0.423 e. The van der Waals surface area contributed by atoms with Crippen LogP contribution < -0.4 is 0 Å². The van der Waals surface area contributed by atoms with Crippen LogP contribution in [0.4, 0.5) is 0 Å². The molecule has 23 heavy (non-hydrogen) atoms. The summed E-state index contributed by atoms with van der Waals surface area (Å²) in [7, 11) is 0. The number of rotatable bonds is 3. The van der Waals surface area contributed by atoms with E-state index in [0.29, 0.717) is 11.8 Å². The number of hydrogen-bond donors (Lipinski definition) is 1. The van der Waals surface area contributed by atoms with E-state index in [1.807, 2.05) is 6.20 Å². The molecule has 1 aromatic carbocycles. The summed E-state index contributed by atoms with van der Waals surface area (Å²) in [6.07, 6.45) is 1.96.